The molecule has 0 spiro atoms. The molecule has 0 bridgehead atoms. The number of nitrogens with one attached hydrogen (secondary N) is 1. The number of carbonyl (C=O) groups is 1. The van der Waals surface area contributed by atoms with Crippen molar-refractivity contribution in [1.29, 1.82) is 0 Å². The van der Waals surface area contributed by atoms with Gasteiger partial charge in [0.1, 0.15) is 0 Å². The monoisotopic (exact) mass is 271 g/mol. The van der Waals surface area contributed by atoms with Crippen LogP contribution in [-0.2, 0) is 4.79 Å². The summed E-state index contributed by atoms with van der Waals surface area (Å²) in [6, 6.07) is 1.22. The van der Waals surface area contributed by atoms with Crippen LogP contribution in [0.15, 0.2) is 22.9 Å². The van der Waals surface area contributed by atoms with Crippen molar-refractivity contribution in [1.82, 2.24) is 4.98 Å². The zero-order valence-electron chi connectivity index (χ0n) is 8.70. The Bertz CT molecular complexity index is 354. The summed E-state index contributed by atoms with van der Waals surface area (Å²) in [6.45, 7) is 3.82. The van der Waals surface area contributed by atoms with Crippen molar-refractivity contribution in [3.63, 3.8) is 0 Å². The van der Waals surface area contributed by atoms with Crippen LogP contribution in [0.25, 0.3) is 0 Å². The Morgan fingerprint density at radius 2 is 2.27 bits per heavy atom. The fourth-order valence-corrected chi connectivity index (χ4v) is 1.34. The van der Waals surface area contributed by atoms with Crippen LogP contribution in [-0.4, -0.2) is 16.9 Å². The lowest BCUT2D eigenvalue weighted by Crippen LogP contribution is -2.39. The summed E-state index contributed by atoms with van der Waals surface area (Å²) in [5, 5.41) is 2.74. The van der Waals surface area contributed by atoms with Gasteiger partial charge in [-0.2, -0.15) is 0 Å². The van der Waals surface area contributed by atoms with Crippen LogP contribution in [0.3, 0.4) is 0 Å². The van der Waals surface area contributed by atoms with E-state index in [-0.39, 0.29) is 11.8 Å². The highest BCUT2D eigenvalue weighted by Crippen LogP contribution is 2.20. The number of amides is 1. The standard InChI is InChI=1S/C10H14BrN3O/c1-6(2)9(12)10(15)14-8-3-4-13-5-7(8)11/h3-6,9H,12H2,1-2H3,(H,13,14,15)/t9-/m1/s1. The highest BCUT2D eigenvalue weighted by Gasteiger charge is 2.17. The first kappa shape index (κ1) is 12.1. The van der Waals surface area contributed by atoms with Gasteiger partial charge in [-0.15, -0.1) is 0 Å². The zero-order chi connectivity index (χ0) is 11.4. The second-order valence-corrected chi connectivity index (χ2v) is 4.47. The highest BCUT2D eigenvalue weighted by atomic mass is 79.9. The predicted octanol–water partition coefficient (Wildman–Crippen LogP) is 1.77. The van der Waals surface area contributed by atoms with Crippen molar-refractivity contribution in [3.05, 3.63) is 22.9 Å². The van der Waals surface area contributed by atoms with Gasteiger partial charge in [-0.1, -0.05) is 13.8 Å². The molecule has 1 heterocycles. The molecule has 3 N–H and O–H groups in total. The third kappa shape index (κ3) is 3.28. The Morgan fingerprint density at radius 1 is 1.60 bits per heavy atom. The minimum atomic E-state index is -0.495. The molecule has 1 aromatic heterocycles. The third-order valence-electron chi connectivity index (χ3n) is 2.05. The van der Waals surface area contributed by atoms with E-state index in [2.05, 4.69) is 26.2 Å². The van der Waals surface area contributed by atoms with Gasteiger partial charge in [0.2, 0.25) is 5.91 Å². The lowest BCUT2D eigenvalue weighted by atomic mass is 10.1. The quantitative estimate of drug-likeness (QED) is 0.881. The molecule has 1 rings (SSSR count). The van der Waals surface area contributed by atoms with Gasteiger partial charge >= 0.3 is 0 Å². The molecular weight excluding hydrogens is 258 g/mol. The first-order chi connectivity index (χ1) is 7.02. The first-order valence-corrected chi connectivity index (χ1v) is 5.47. The number of hydrogen-bond acceptors (Lipinski definition) is 3. The van der Waals surface area contributed by atoms with Crippen LogP contribution in [0.2, 0.25) is 0 Å². The van der Waals surface area contributed by atoms with Crippen molar-refractivity contribution in [2.75, 3.05) is 5.32 Å². The SMILES string of the molecule is CC(C)[C@@H](N)C(=O)Nc1ccncc1Br. The summed E-state index contributed by atoms with van der Waals surface area (Å²) in [6.07, 6.45) is 3.23. The van der Waals surface area contributed by atoms with E-state index in [1.54, 1.807) is 18.5 Å². The molecule has 0 fully saturated rings. The van der Waals surface area contributed by atoms with E-state index >= 15 is 0 Å². The second-order valence-electron chi connectivity index (χ2n) is 3.61. The minimum absolute atomic E-state index is 0.116. The number of hydrogen-bond donors (Lipinski definition) is 2. The van der Waals surface area contributed by atoms with Crippen LogP contribution in [0.5, 0.6) is 0 Å². The molecule has 15 heavy (non-hydrogen) atoms. The topological polar surface area (TPSA) is 68.0 Å². The highest BCUT2D eigenvalue weighted by molar-refractivity contribution is 9.10. The van der Waals surface area contributed by atoms with Gasteiger partial charge in [0, 0.05) is 12.4 Å². The van der Waals surface area contributed by atoms with Crippen LogP contribution < -0.4 is 11.1 Å². The maximum atomic E-state index is 11.6. The molecule has 1 atom stereocenters. The number of pyridine rings is 1. The van der Waals surface area contributed by atoms with Gasteiger partial charge in [0.15, 0.2) is 0 Å². The fraction of sp³-hybridized carbons (Fsp3) is 0.400. The minimum Gasteiger partial charge on any atom is -0.324 e. The number of halogens is 1. The lowest BCUT2D eigenvalue weighted by Gasteiger charge is -2.15. The maximum Gasteiger partial charge on any atom is 0.241 e. The molecule has 5 heteroatoms. The van der Waals surface area contributed by atoms with E-state index in [9.17, 15) is 4.79 Å². The third-order valence-corrected chi connectivity index (χ3v) is 2.68. The predicted molar refractivity (Wildman–Crippen MR) is 63.4 cm³/mol. The van der Waals surface area contributed by atoms with Gasteiger partial charge in [0.05, 0.1) is 16.2 Å². The zero-order valence-corrected chi connectivity index (χ0v) is 10.3. The van der Waals surface area contributed by atoms with E-state index < -0.39 is 6.04 Å². The normalized spacial score (nSPS) is 12.6. The summed E-state index contributed by atoms with van der Waals surface area (Å²) >= 11 is 3.29. The number of rotatable bonds is 3. The molecule has 0 saturated carbocycles. The molecule has 0 saturated heterocycles. The Labute approximate surface area is 97.4 Å². The summed E-state index contributed by atoms with van der Waals surface area (Å²) in [5.41, 5.74) is 6.40. The number of nitrogens with two attached hydrogens (primary N) is 1. The molecule has 0 aliphatic carbocycles. The summed E-state index contributed by atoms with van der Waals surface area (Å²) < 4.78 is 0.745. The molecule has 82 valence electrons. The fourth-order valence-electron chi connectivity index (χ4n) is 0.995. The number of aromatic nitrogens is 1. The van der Waals surface area contributed by atoms with E-state index in [1.165, 1.54) is 0 Å². The number of nitrogens with zero attached hydrogens (tertiary/aromatic N) is 1. The Balaban J connectivity index is 2.71. The van der Waals surface area contributed by atoms with Gasteiger partial charge in [-0.3, -0.25) is 9.78 Å². The molecule has 0 unspecified atom stereocenters. The average molecular weight is 272 g/mol. The molecule has 0 aromatic carbocycles. The van der Waals surface area contributed by atoms with Crippen LogP contribution in [0, 0.1) is 5.92 Å². The second kappa shape index (κ2) is 5.23. The molecule has 0 aliphatic heterocycles. The summed E-state index contributed by atoms with van der Waals surface area (Å²) in [7, 11) is 0. The van der Waals surface area contributed by atoms with Crippen LogP contribution >= 0.6 is 15.9 Å². The number of carbonyl (C=O) groups excluding carboxylic acids is 1. The molecule has 0 aliphatic rings. The van der Waals surface area contributed by atoms with Crippen molar-refractivity contribution in [2.45, 2.75) is 19.9 Å². The Kier molecular flexibility index (Phi) is 4.23. The summed E-state index contributed by atoms with van der Waals surface area (Å²) in [4.78, 5) is 15.5. The van der Waals surface area contributed by atoms with Gasteiger partial charge < -0.3 is 11.1 Å². The van der Waals surface area contributed by atoms with Crippen molar-refractivity contribution in [3.8, 4) is 0 Å². The van der Waals surface area contributed by atoms with Gasteiger partial charge in [-0.25, -0.2) is 0 Å². The van der Waals surface area contributed by atoms with Crippen molar-refractivity contribution < 1.29 is 4.79 Å². The van der Waals surface area contributed by atoms with E-state index in [1.807, 2.05) is 13.8 Å². The Hall–Kier alpha value is -0.940. The lowest BCUT2D eigenvalue weighted by molar-refractivity contribution is -0.118. The van der Waals surface area contributed by atoms with Gasteiger partial charge in [0.25, 0.3) is 0 Å². The van der Waals surface area contributed by atoms with Crippen LogP contribution in [0.1, 0.15) is 13.8 Å². The molecule has 0 radical (unpaired) electrons. The first-order valence-electron chi connectivity index (χ1n) is 4.68. The van der Waals surface area contributed by atoms with E-state index in [0.717, 1.165) is 4.47 Å². The Morgan fingerprint density at radius 3 is 2.80 bits per heavy atom. The number of anilines is 1. The van der Waals surface area contributed by atoms with Crippen LogP contribution in [0.4, 0.5) is 5.69 Å². The summed E-state index contributed by atoms with van der Waals surface area (Å²) in [5.74, 6) is -0.0671. The maximum absolute atomic E-state index is 11.6. The van der Waals surface area contributed by atoms with Crippen molar-refractivity contribution >= 4 is 27.5 Å². The molecule has 1 aromatic rings. The molecule has 4 nitrogen and oxygen atoms in total. The van der Waals surface area contributed by atoms with E-state index in [0.29, 0.717) is 5.69 Å². The molecular formula is C10H14BrN3O. The smallest absolute Gasteiger partial charge is 0.241 e. The average Bonchev–Trinajstić information content (AvgIpc) is 2.20. The largest absolute Gasteiger partial charge is 0.324 e. The van der Waals surface area contributed by atoms with E-state index in [4.69, 9.17) is 5.73 Å². The van der Waals surface area contributed by atoms with Gasteiger partial charge in [-0.05, 0) is 27.9 Å². The molecule has 1 amide bonds. The van der Waals surface area contributed by atoms with Crippen molar-refractivity contribution in [2.24, 2.45) is 11.7 Å².